The summed E-state index contributed by atoms with van der Waals surface area (Å²) < 4.78 is 20.9. The summed E-state index contributed by atoms with van der Waals surface area (Å²) in [6.45, 7) is 5.69. The van der Waals surface area contributed by atoms with Crippen molar-refractivity contribution in [3.05, 3.63) is 64.0 Å². The van der Waals surface area contributed by atoms with Crippen molar-refractivity contribution in [2.75, 3.05) is 25.0 Å². The summed E-state index contributed by atoms with van der Waals surface area (Å²) in [6, 6.07) is 8.98. The SMILES string of the molecule is CCOC(=O)c1[nH]c2ccc(F)cc2c1NC(=O)[C@H](C)N1C[C@@H]2C[C@@H](C1)c1cccc(=O)n1C2. The van der Waals surface area contributed by atoms with Crippen LogP contribution in [0.3, 0.4) is 0 Å². The summed E-state index contributed by atoms with van der Waals surface area (Å²) in [7, 11) is 0. The minimum absolute atomic E-state index is 0.0181. The highest BCUT2D eigenvalue weighted by molar-refractivity contribution is 6.11. The highest BCUT2D eigenvalue weighted by Crippen LogP contribution is 2.36. The molecule has 9 heteroatoms. The van der Waals surface area contributed by atoms with E-state index in [4.69, 9.17) is 4.74 Å². The Balaban J connectivity index is 1.40. The van der Waals surface area contributed by atoms with E-state index < -0.39 is 17.8 Å². The van der Waals surface area contributed by atoms with Crippen molar-refractivity contribution in [3.63, 3.8) is 0 Å². The molecule has 2 N–H and O–H groups in total. The summed E-state index contributed by atoms with van der Waals surface area (Å²) in [4.78, 5) is 43.2. The molecular weight excluding hydrogens is 439 g/mol. The second kappa shape index (κ2) is 8.72. The Morgan fingerprint density at radius 3 is 2.85 bits per heavy atom. The number of nitrogens with zero attached hydrogens (tertiary/aromatic N) is 2. The first-order valence-corrected chi connectivity index (χ1v) is 11.6. The lowest BCUT2D eigenvalue weighted by molar-refractivity contribution is -0.121. The molecule has 3 atom stereocenters. The zero-order chi connectivity index (χ0) is 24.0. The van der Waals surface area contributed by atoms with E-state index in [1.807, 2.05) is 17.6 Å². The van der Waals surface area contributed by atoms with Crippen LogP contribution in [-0.2, 0) is 16.1 Å². The quantitative estimate of drug-likeness (QED) is 0.564. The number of anilines is 1. The molecule has 1 fully saturated rings. The van der Waals surface area contributed by atoms with Crippen LogP contribution >= 0.6 is 0 Å². The first-order chi connectivity index (χ1) is 16.4. The number of benzene rings is 1. The maximum atomic E-state index is 14.0. The van der Waals surface area contributed by atoms with E-state index in [9.17, 15) is 18.8 Å². The van der Waals surface area contributed by atoms with Crippen LogP contribution in [0.5, 0.6) is 0 Å². The standard InChI is InChI=1S/C25H27FN4O4/c1-3-34-25(33)23-22(18-10-17(26)7-8-19(18)27-23)28-24(32)14(2)29-11-15-9-16(13-29)20-5-4-6-21(31)30(20)12-15/h4-8,10,14-16,27H,3,9,11-13H2,1-2H3,(H,28,32)/t14-,15-,16-/m0/s1. The van der Waals surface area contributed by atoms with Gasteiger partial charge in [0.1, 0.15) is 11.5 Å². The molecule has 34 heavy (non-hydrogen) atoms. The fourth-order valence-corrected chi connectivity index (χ4v) is 5.29. The lowest BCUT2D eigenvalue weighted by atomic mass is 9.82. The van der Waals surface area contributed by atoms with Gasteiger partial charge in [0.2, 0.25) is 5.91 Å². The van der Waals surface area contributed by atoms with Crippen molar-refractivity contribution < 1.29 is 18.7 Å². The van der Waals surface area contributed by atoms with Gasteiger partial charge in [0.15, 0.2) is 0 Å². The number of aromatic amines is 1. The number of aromatic nitrogens is 2. The Hall–Kier alpha value is -3.46. The fraction of sp³-hybridized carbons (Fsp3) is 0.400. The third kappa shape index (κ3) is 3.90. The first kappa shape index (κ1) is 22.3. The van der Waals surface area contributed by atoms with Crippen LogP contribution in [0.4, 0.5) is 10.1 Å². The van der Waals surface area contributed by atoms with Crippen LogP contribution in [-0.4, -0.2) is 52.1 Å². The third-order valence-corrected chi connectivity index (χ3v) is 6.92. The average Bonchev–Trinajstić information content (AvgIpc) is 3.17. The summed E-state index contributed by atoms with van der Waals surface area (Å²) in [5, 5.41) is 3.27. The van der Waals surface area contributed by atoms with Gasteiger partial charge in [-0.05, 0) is 50.5 Å². The number of hydrogen-bond donors (Lipinski definition) is 2. The van der Waals surface area contributed by atoms with Gasteiger partial charge in [-0.25, -0.2) is 9.18 Å². The van der Waals surface area contributed by atoms with Gasteiger partial charge in [0, 0.05) is 48.2 Å². The maximum Gasteiger partial charge on any atom is 0.356 e. The molecule has 178 valence electrons. The molecule has 2 aromatic heterocycles. The van der Waals surface area contributed by atoms with Gasteiger partial charge >= 0.3 is 5.97 Å². The number of piperidine rings is 1. The normalized spacial score (nSPS) is 20.6. The van der Waals surface area contributed by atoms with E-state index in [1.165, 1.54) is 18.2 Å². The number of carbonyl (C=O) groups is 2. The van der Waals surface area contributed by atoms with Crippen LogP contribution in [0.15, 0.2) is 41.2 Å². The van der Waals surface area contributed by atoms with E-state index >= 15 is 0 Å². The molecule has 4 heterocycles. The van der Waals surface area contributed by atoms with Crippen LogP contribution in [0.1, 0.15) is 42.4 Å². The van der Waals surface area contributed by atoms with E-state index in [2.05, 4.69) is 15.2 Å². The molecular formula is C25H27FN4O4. The summed E-state index contributed by atoms with van der Waals surface area (Å²) in [5.41, 5.74) is 1.87. The predicted molar refractivity (Wildman–Crippen MR) is 125 cm³/mol. The smallest absolute Gasteiger partial charge is 0.356 e. The number of hydrogen-bond acceptors (Lipinski definition) is 5. The molecule has 0 radical (unpaired) electrons. The lowest BCUT2D eigenvalue weighted by Gasteiger charge is -2.44. The van der Waals surface area contributed by atoms with Gasteiger partial charge in [-0.1, -0.05) is 6.07 Å². The number of likely N-dealkylation sites (tertiary alicyclic amines) is 1. The molecule has 8 nitrogen and oxygen atoms in total. The number of carbonyl (C=O) groups excluding carboxylic acids is 2. The molecule has 1 amide bonds. The molecule has 0 spiro atoms. The summed E-state index contributed by atoms with van der Waals surface area (Å²) in [5.74, 6) is -0.922. The number of ether oxygens (including phenoxy) is 1. The van der Waals surface area contributed by atoms with E-state index in [0.29, 0.717) is 30.5 Å². The summed E-state index contributed by atoms with van der Waals surface area (Å²) >= 11 is 0. The number of fused-ring (bicyclic) bond motifs is 5. The zero-order valence-electron chi connectivity index (χ0n) is 19.1. The molecule has 2 bridgehead atoms. The summed E-state index contributed by atoms with van der Waals surface area (Å²) in [6.07, 6.45) is 0.989. The number of amides is 1. The van der Waals surface area contributed by atoms with Crippen molar-refractivity contribution in [2.45, 2.75) is 38.8 Å². The van der Waals surface area contributed by atoms with Gasteiger partial charge in [-0.2, -0.15) is 0 Å². The highest BCUT2D eigenvalue weighted by atomic mass is 19.1. The fourth-order valence-electron chi connectivity index (χ4n) is 5.29. The van der Waals surface area contributed by atoms with Crippen LogP contribution in [0.2, 0.25) is 0 Å². The highest BCUT2D eigenvalue weighted by Gasteiger charge is 2.37. The Bertz CT molecular complexity index is 1330. The first-order valence-electron chi connectivity index (χ1n) is 11.6. The number of pyridine rings is 1. The molecule has 5 rings (SSSR count). The molecule has 2 aliphatic rings. The number of esters is 1. The van der Waals surface area contributed by atoms with Crippen molar-refractivity contribution in [3.8, 4) is 0 Å². The van der Waals surface area contributed by atoms with Crippen LogP contribution in [0, 0.1) is 11.7 Å². The van der Waals surface area contributed by atoms with Crippen molar-refractivity contribution >= 4 is 28.5 Å². The second-order valence-corrected chi connectivity index (χ2v) is 9.10. The number of rotatable bonds is 5. The maximum absolute atomic E-state index is 14.0. The molecule has 2 aliphatic heterocycles. The van der Waals surface area contributed by atoms with Gasteiger partial charge < -0.3 is 19.6 Å². The van der Waals surface area contributed by atoms with Crippen molar-refractivity contribution in [1.29, 1.82) is 0 Å². The van der Waals surface area contributed by atoms with Crippen molar-refractivity contribution in [1.82, 2.24) is 14.5 Å². The van der Waals surface area contributed by atoms with Crippen LogP contribution < -0.4 is 10.9 Å². The Labute approximate surface area is 195 Å². The lowest BCUT2D eigenvalue weighted by Crippen LogP contribution is -2.52. The van der Waals surface area contributed by atoms with Crippen molar-refractivity contribution in [2.24, 2.45) is 5.92 Å². The second-order valence-electron chi connectivity index (χ2n) is 9.10. The Morgan fingerprint density at radius 2 is 2.06 bits per heavy atom. The number of halogens is 1. The van der Waals surface area contributed by atoms with E-state index in [-0.39, 0.29) is 41.3 Å². The molecule has 1 saturated heterocycles. The van der Waals surface area contributed by atoms with E-state index in [0.717, 1.165) is 12.1 Å². The molecule has 1 aromatic carbocycles. The largest absolute Gasteiger partial charge is 0.461 e. The van der Waals surface area contributed by atoms with Crippen LogP contribution in [0.25, 0.3) is 10.9 Å². The Kier molecular flexibility index (Phi) is 5.73. The minimum atomic E-state index is -0.614. The monoisotopic (exact) mass is 466 g/mol. The van der Waals surface area contributed by atoms with Gasteiger partial charge in [0.05, 0.1) is 18.3 Å². The average molecular weight is 467 g/mol. The molecule has 3 aromatic rings. The Morgan fingerprint density at radius 1 is 1.24 bits per heavy atom. The number of H-pyrrole nitrogens is 1. The minimum Gasteiger partial charge on any atom is -0.461 e. The number of nitrogens with one attached hydrogen (secondary N) is 2. The molecule has 0 aliphatic carbocycles. The van der Waals surface area contributed by atoms with E-state index in [1.54, 1.807) is 19.1 Å². The van der Waals surface area contributed by atoms with Gasteiger partial charge in [0.25, 0.3) is 5.56 Å². The van der Waals surface area contributed by atoms with Gasteiger partial charge in [-0.3, -0.25) is 14.5 Å². The molecule has 0 saturated carbocycles. The molecule has 0 unspecified atom stereocenters. The predicted octanol–water partition coefficient (Wildman–Crippen LogP) is 3.09. The topological polar surface area (TPSA) is 96.4 Å². The van der Waals surface area contributed by atoms with Gasteiger partial charge in [-0.15, -0.1) is 0 Å². The zero-order valence-corrected chi connectivity index (χ0v) is 19.1. The third-order valence-electron chi connectivity index (χ3n) is 6.92.